The second-order valence-corrected chi connectivity index (χ2v) is 8.99. The van der Waals surface area contributed by atoms with Crippen molar-refractivity contribution in [2.75, 3.05) is 12.8 Å². The Bertz CT molecular complexity index is 1490. The van der Waals surface area contributed by atoms with Crippen molar-refractivity contribution in [3.63, 3.8) is 0 Å². The highest BCUT2D eigenvalue weighted by atomic mass is 32.1. The molecule has 9 heteroatoms. The molecule has 0 spiro atoms. The summed E-state index contributed by atoms with van der Waals surface area (Å²) in [6, 6.07) is 15.6. The number of thiocarbonyl (C=S) groups is 1. The minimum absolute atomic E-state index is 0.0639. The molecule has 5 rings (SSSR count). The third-order valence-electron chi connectivity index (χ3n) is 6.45. The van der Waals surface area contributed by atoms with Crippen molar-refractivity contribution in [3.8, 4) is 22.8 Å². The van der Waals surface area contributed by atoms with Gasteiger partial charge in [0.2, 0.25) is 0 Å². The summed E-state index contributed by atoms with van der Waals surface area (Å²) in [6.45, 7) is 4.09. The summed E-state index contributed by atoms with van der Waals surface area (Å²) in [5, 5.41) is 8.58. The number of ether oxygens (including phenoxy) is 2. The Morgan fingerprint density at radius 2 is 1.91 bits per heavy atom. The molecule has 2 N–H and O–H groups in total. The van der Waals surface area contributed by atoms with E-state index in [2.05, 4.69) is 10.3 Å². The number of aryl methyl sites for hydroxylation is 1. The molecule has 4 aromatic rings. The maximum Gasteiger partial charge on any atom is 0.276 e. The molecule has 178 valence electrons. The van der Waals surface area contributed by atoms with Crippen molar-refractivity contribution in [1.82, 2.24) is 19.6 Å². The molecule has 0 fully saturated rings. The molecule has 1 aliphatic rings. The van der Waals surface area contributed by atoms with Gasteiger partial charge in [-0.2, -0.15) is 0 Å². The Morgan fingerprint density at radius 3 is 2.66 bits per heavy atom. The number of pyridine rings is 1. The van der Waals surface area contributed by atoms with Crippen LogP contribution in [0.15, 0.2) is 59.5 Å². The highest BCUT2D eigenvalue weighted by molar-refractivity contribution is 7.80. The Balaban J connectivity index is 1.55. The normalized spacial score (nSPS) is 14.7. The van der Waals surface area contributed by atoms with E-state index >= 15 is 0 Å². The smallest absolute Gasteiger partial charge is 0.276 e. The third kappa shape index (κ3) is 3.87. The summed E-state index contributed by atoms with van der Waals surface area (Å²) < 4.78 is 15.0. The van der Waals surface area contributed by atoms with Crippen LogP contribution in [0.2, 0.25) is 0 Å². The zero-order valence-corrected chi connectivity index (χ0v) is 20.5. The van der Waals surface area contributed by atoms with Gasteiger partial charge in [-0.3, -0.25) is 9.36 Å². The largest absolute Gasteiger partial charge is 0.494 e. The summed E-state index contributed by atoms with van der Waals surface area (Å²) in [4.78, 5) is 14.1. The first-order chi connectivity index (χ1) is 16.9. The maximum absolute atomic E-state index is 13.5. The molecule has 0 saturated heterocycles. The van der Waals surface area contributed by atoms with Gasteiger partial charge in [-0.1, -0.05) is 59.9 Å². The molecule has 1 atom stereocenters. The van der Waals surface area contributed by atoms with Crippen molar-refractivity contribution < 1.29 is 9.47 Å². The number of nitrogens with two attached hydrogens (primary N) is 1. The molecule has 1 aliphatic heterocycles. The molecule has 0 unspecified atom stereocenters. The zero-order chi connectivity index (χ0) is 24.7. The third-order valence-corrected chi connectivity index (χ3v) is 6.81. The molecule has 2 aromatic heterocycles. The van der Waals surface area contributed by atoms with Crippen molar-refractivity contribution >= 4 is 22.8 Å². The fraction of sp³-hybridized carbons (Fsp3) is 0.231. The van der Waals surface area contributed by atoms with E-state index in [1.807, 2.05) is 68.6 Å². The summed E-state index contributed by atoms with van der Waals surface area (Å²) >= 11 is 5.70. The Hall–Kier alpha value is -3.98. The van der Waals surface area contributed by atoms with E-state index in [9.17, 15) is 4.79 Å². The van der Waals surface area contributed by atoms with Crippen LogP contribution in [0.3, 0.4) is 0 Å². The molecule has 0 aliphatic carbocycles. The summed E-state index contributed by atoms with van der Waals surface area (Å²) in [5.41, 5.74) is 10.9. The Morgan fingerprint density at radius 1 is 1.14 bits per heavy atom. The van der Waals surface area contributed by atoms with E-state index in [1.165, 1.54) is 0 Å². The van der Waals surface area contributed by atoms with Gasteiger partial charge in [-0.25, -0.2) is 4.68 Å². The Kier molecular flexibility index (Phi) is 5.86. The quantitative estimate of drug-likeness (QED) is 0.410. The fourth-order valence-electron chi connectivity index (χ4n) is 4.40. The monoisotopic (exact) mass is 487 g/mol. The van der Waals surface area contributed by atoms with Gasteiger partial charge in [0.15, 0.2) is 5.75 Å². The molecule has 8 nitrogen and oxygen atoms in total. The topological polar surface area (TPSA) is 97.2 Å². The summed E-state index contributed by atoms with van der Waals surface area (Å²) in [7, 11) is 1.54. The van der Waals surface area contributed by atoms with Crippen LogP contribution in [0.1, 0.15) is 35.0 Å². The second kappa shape index (κ2) is 8.99. The predicted octanol–water partition coefficient (Wildman–Crippen LogP) is 4.06. The van der Waals surface area contributed by atoms with E-state index in [1.54, 1.807) is 16.4 Å². The van der Waals surface area contributed by atoms with E-state index in [0.717, 1.165) is 22.4 Å². The number of nitrogens with zero attached hydrogens (tertiary/aromatic N) is 4. The fourth-order valence-corrected chi connectivity index (χ4v) is 4.74. The van der Waals surface area contributed by atoms with Crippen LogP contribution in [0, 0.1) is 13.8 Å². The van der Waals surface area contributed by atoms with Gasteiger partial charge in [0.25, 0.3) is 5.56 Å². The highest BCUT2D eigenvalue weighted by Crippen LogP contribution is 2.37. The van der Waals surface area contributed by atoms with Gasteiger partial charge in [0.1, 0.15) is 35.6 Å². The number of fused-ring (bicyclic) bond motifs is 1. The minimum atomic E-state index is -0.486. The van der Waals surface area contributed by atoms with Crippen LogP contribution in [0.5, 0.6) is 11.5 Å². The summed E-state index contributed by atoms with van der Waals surface area (Å²) in [5.74, 6) is 1.17. The number of hydrogen-bond donors (Lipinski definition) is 1. The van der Waals surface area contributed by atoms with Gasteiger partial charge in [-0.15, -0.1) is 5.10 Å². The molecule has 0 saturated carbocycles. The van der Waals surface area contributed by atoms with Crippen molar-refractivity contribution in [3.05, 3.63) is 87.5 Å². The first-order valence-electron chi connectivity index (χ1n) is 11.2. The molecule has 35 heavy (non-hydrogen) atoms. The van der Waals surface area contributed by atoms with E-state index in [-0.39, 0.29) is 17.9 Å². The number of rotatable bonds is 6. The van der Waals surface area contributed by atoms with Crippen LogP contribution in [0.4, 0.5) is 5.69 Å². The SMILES string of the molecule is COc1c(COc2cccc(C)c2C)c(N)c(=O)n2c1C(=S)C[C@H]2n1cc(-c2ccccc2)nn1. The number of nitrogen functional groups attached to an aromatic ring is 1. The lowest BCUT2D eigenvalue weighted by molar-refractivity contribution is 0.293. The molecule has 0 radical (unpaired) electrons. The van der Waals surface area contributed by atoms with Crippen LogP contribution in [-0.2, 0) is 6.61 Å². The second-order valence-electron chi connectivity index (χ2n) is 8.49. The van der Waals surface area contributed by atoms with E-state index in [4.69, 9.17) is 27.4 Å². The average molecular weight is 488 g/mol. The standard InChI is InChI=1S/C26H25N5O3S/c1-15-8-7-11-20(16(15)2)34-14-18-23(27)26(32)31-22(12-21(35)24(31)25(18)33-3)30-13-19(28-29-30)17-9-5-4-6-10-17/h4-11,13,22H,12,14,27H2,1-3H3/t22-/m0/s1. The molecular formula is C26H25N5O3S. The van der Waals surface area contributed by atoms with Crippen LogP contribution < -0.4 is 20.8 Å². The van der Waals surface area contributed by atoms with Crippen LogP contribution in [0.25, 0.3) is 11.3 Å². The van der Waals surface area contributed by atoms with E-state index in [0.29, 0.717) is 34.0 Å². The summed E-state index contributed by atoms with van der Waals surface area (Å²) in [6.07, 6.45) is 1.73. The lowest BCUT2D eigenvalue weighted by atomic mass is 10.1. The number of methoxy groups -OCH3 is 1. The van der Waals surface area contributed by atoms with Crippen LogP contribution >= 0.6 is 12.2 Å². The maximum atomic E-state index is 13.5. The molecule has 0 bridgehead atoms. The number of benzene rings is 2. The van der Waals surface area contributed by atoms with Crippen molar-refractivity contribution in [2.45, 2.75) is 33.0 Å². The van der Waals surface area contributed by atoms with Gasteiger partial charge in [0.05, 0.1) is 18.9 Å². The van der Waals surface area contributed by atoms with Crippen LogP contribution in [-0.4, -0.2) is 31.5 Å². The van der Waals surface area contributed by atoms with Crippen molar-refractivity contribution in [1.29, 1.82) is 0 Å². The lowest BCUT2D eigenvalue weighted by Gasteiger charge is -2.20. The van der Waals surface area contributed by atoms with Gasteiger partial charge in [0, 0.05) is 16.8 Å². The zero-order valence-electron chi connectivity index (χ0n) is 19.7. The average Bonchev–Trinajstić information content (AvgIpc) is 3.48. The lowest BCUT2D eigenvalue weighted by Crippen LogP contribution is -2.31. The molecule has 2 aromatic carbocycles. The minimum Gasteiger partial charge on any atom is -0.494 e. The molecular weight excluding hydrogens is 462 g/mol. The van der Waals surface area contributed by atoms with E-state index < -0.39 is 6.17 Å². The highest BCUT2D eigenvalue weighted by Gasteiger charge is 2.36. The first-order valence-corrected chi connectivity index (χ1v) is 11.6. The molecule has 0 amide bonds. The Labute approximate surface area is 207 Å². The first kappa shape index (κ1) is 22.8. The molecule has 3 heterocycles. The van der Waals surface area contributed by atoms with Gasteiger partial charge in [-0.05, 0) is 31.0 Å². The predicted molar refractivity (Wildman–Crippen MR) is 138 cm³/mol. The van der Waals surface area contributed by atoms with Gasteiger partial charge >= 0.3 is 0 Å². The van der Waals surface area contributed by atoms with Crippen molar-refractivity contribution in [2.24, 2.45) is 0 Å². The van der Waals surface area contributed by atoms with Gasteiger partial charge < -0.3 is 15.2 Å². The number of aromatic nitrogens is 4. The number of anilines is 1. The number of hydrogen-bond acceptors (Lipinski definition) is 7.